The topological polar surface area (TPSA) is 65.7 Å². The first-order chi connectivity index (χ1) is 15.4. The minimum atomic E-state index is -0.371. The predicted molar refractivity (Wildman–Crippen MR) is 124 cm³/mol. The van der Waals surface area contributed by atoms with Crippen LogP contribution in [0.3, 0.4) is 0 Å². The Morgan fingerprint density at radius 3 is 2.38 bits per heavy atom. The van der Waals surface area contributed by atoms with Crippen LogP contribution in [0.5, 0.6) is 5.75 Å². The summed E-state index contributed by atoms with van der Waals surface area (Å²) in [6.07, 6.45) is -0.183. The van der Waals surface area contributed by atoms with Crippen molar-refractivity contribution in [2.24, 2.45) is 0 Å². The molecule has 0 spiro atoms. The molecule has 0 saturated heterocycles. The number of aryl methyl sites for hydroxylation is 1. The SMILES string of the molecule is Cc1ccc2oc(-c3ccccc3)c(OCc3ccc(C(=O)OC(C)C)cc3)c(=O)c2c1. The van der Waals surface area contributed by atoms with Crippen LogP contribution in [0.1, 0.15) is 35.3 Å². The van der Waals surface area contributed by atoms with Crippen LogP contribution in [-0.2, 0) is 11.3 Å². The summed E-state index contributed by atoms with van der Waals surface area (Å²) >= 11 is 0. The van der Waals surface area contributed by atoms with Gasteiger partial charge in [0.05, 0.1) is 17.1 Å². The molecule has 0 aliphatic carbocycles. The zero-order chi connectivity index (χ0) is 22.7. The summed E-state index contributed by atoms with van der Waals surface area (Å²) in [5, 5.41) is 0.478. The molecular formula is C27H24O5. The molecule has 4 aromatic rings. The molecule has 0 N–H and O–H groups in total. The first-order valence-electron chi connectivity index (χ1n) is 10.5. The Balaban J connectivity index is 1.67. The van der Waals surface area contributed by atoms with Gasteiger partial charge in [0, 0.05) is 5.56 Å². The summed E-state index contributed by atoms with van der Waals surface area (Å²) in [6, 6.07) is 21.9. The van der Waals surface area contributed by atoms with E-state index in [0.717, 1.165) is 16.7 Å². The van der Waals surface area contributed by atoms with Gasteiger partial charge in [-0.15, -0.1) is 0 Å². The fourth-order valence-corrected chi connectivity index (χ4v) is 3.38. The third-order valence-corrected chi connectivity index (χ3v) is 4.96. The van der Waals surface area contributed by atoms with E-state index in [4.69, 9.17) is 13.9 Å². The van der Waals surface area contributed by atoms with Crippen LogP contribution >= 0.6 is 0 Å². The van der Waals surface area contributed by atoms with Gasteiger partial charge < -0.3 is 13.9 Å². The fourth-order valence-electron chi connectivity index (χ4n) is 3.38. The lowest BCUT2D eigenvalue weighted by Gasteiger charge is -2.12. The third kappa shape index (κ3) is 4.57. The second-order valence-electron chi connectivity index (χ2n) is 7.89. The molecule has 0 amide bonds. The van der Waals surface area contributed by atoms with Crippen molar-refractivity contribution in [1.82, 2.24) is 0 Å². The Kier molecular flexibility index (Phi) is 6.08. The molecule has 0 aliphatic heterocycles. The van der Waals surface area contributed by atoms with Crippen LogP contribution in [0.25, 0.3) is 22.3 Å². The Hall–Kier alpha value is -3.86. The third-order valence-electron chi connectivity index (χ3n) is 4.96. The Morgan fingerprint density at radius 2 is 1.69 bits per heavy atom. The maximum atomic E-state index is 13.3. The number of carbonyl (C=O) groups is 1. The van der Waals surface area contributed by atoms with Gasteiger partial charge in [0.25, 0.3) is 0 Å². The molecular weight excluding hydrogens is 404 g/mol. The average Bonchev–Trinajstić information content (AvgIpc) is 2.79. The van der Waals surface area contributed by atoms with Crippen molar-refractivity contribution in [2.45, 2.75) is 33.5 Å². The predicted octanol–water partition coefficient (Wildman–Crippen LogP) is 5.91. The quantitative estimate of drug-likeness (QED) is 0.357. The summed E-state index contributed by atoms with van der Waals surface area (Å²) in [6.45, 7) is 5.69. The Bertz CT molecular complexity index is 1300. The van der Waals surface area contributed by atoms with Gasteiger partial charge in [-0.3, -0.25) is 4.79 Å². The van der Waals surface area contributed by atoms with Gasteiger partial charge in [0.15, 0.2) is 5.76 Å². The van der Waals surface area contributed by atoms with Gasteiger partial charge in [-0.05, 0) is 50.6 Å². The second kappa shape index (κ2) is 9.10. The standard InChI is InChI=1S/C27H24O5/c1-17(2)31-27(29)21-12-10-19(11-13-21)16-30-26-24(28)22-15-18(3)9-14-23(22)32-25(26)20-7-5-4-6-8-20/h4-15,17H,16H2,1-3H3. The summed E-state index contributed by atoms with van der Waals surface area (Å²) in [5.41, 5.74) is 3.30. The number of esters is 1. The van der Waals surface area contributed by atoms with E-state index in [9.17, 15) is 9.59 Å². The molecule has 0 aliphatic rings. The molecule has 5 heteroatoms. The summed E-state index contributed by atoms with van der Waals surface area (Å²) in [5.74, 6) is 0.186. The van der Waals surface area contributed by atoms with E-state index in [0.29, 0.717) is 22.3 Å². The zero-order valence-corrected chi connectivity index (χ0v) is 18.3. The van der Waals surface area contributed by atoms with Crippen molar-refractivity contribution in [2.75, 3.05) is 0 Å². The van der Waals surface area contributed by atoms with Crippen LogP contribution in [-0.4, -0.2) is 12.1 Å². The summed E-state index contributed by atoms with van der Waals surface area (Å²) < 4.78 is 17.3. The molecule has 0 bridgehead atoms. The Labute approximate surface area is 186 Å². The Morgan fingerprint density at radius 1 is 0.969 bits per heavy atom. The van der Waals surface area contributed by atoms with Gasteiger partial charge >= 0.3 is 5.97 Å². The molecule has 32 heavy (non-hydrogen) atoms. The highest BCUT2D eigenvalue weighted by Gasteiger charge is 2.18. The average molecular weight is 428 g/mol. The van der Waals surface area contributed by atoms with E-state index in [-0.39, 0.29) is 29.9 Å². The second-order valence-corrected chi connectivity index (χ2v) is 7.89. The lowest BCUT2D eigenvalue weighted by atomic mass is 10.1. The molecule has 0 unspecified atom stereocenters. The normalized spacial score (nSPS) is 11.0. The zero-order valence-electron chi connectivity index (χ0n) is 18.3. The highest BCUT2D eigenvalue weighted by Crippen LogP contribution is 2.31. The number of benzene rings is 3. The first-order valence-corrected chi connectivity index (χ1v) is 10.5. The van der Waals surface area contributed by atoms with Crippen molar-refractivity contribution in [3.63, 3.8) is 0 Å². The molecule has 1 aromatic heterocycles. The van der Waals surface area contributed by atoms with E-state index >= 15 is 0 Å². The minimum Gasteiger partial charge on any atom is -0.481 e. The lowest BCUT2D eigenvalue weighted by Crippen LogP contribution is -2.12. The van der Waals surface area contributed by atoms with E-state index in [1.807, 2.05) is 43.3 Å². The highest BCUT2D eigenvalue weighted by atomic mass is 16.5. The monoisotopic (exact) mass is 428 g/mol. The molecule has 0 fully saturated rings. The van der Waals surface area contributed by atoms with Gasteiger partial charge in [0.2, 0.25) is 11.2 Å². The largest absolute Gasteiger partial charge is 0.481 e. The molecule has 1 heterocycles. The van der Waals surface area contributed by atoms with E-state index in [2.05, 4.69) is 0 Å². The van der Waals surface area contributed by atoms with Crippen molar-refractivity contribution >= 4 is 16.9 Å². The number of ether oxygens (including phenoxy) is 2. The van der Waals surface area contributed by atoms with Crippen molar-refractivity contribution < 1.29 is 18.7 Å². The smallest absolute Gasteiger partial charge is 0.338 e. The van der Waals surface area contributed by atoms with Crippen LogP contribution in [0.2, 0.25) is 0 Å². The van der Waals surface area contributed by atoms with Crippen LogP contribution in [0, 0.1) is 6.92 Å². The fraction of sp³-hybridized carbons (Fsp3) is 0.185. The number of carbonyl (C=O) groups excluding carboxylic acids is 1. The van der Waals surface area contributed by atoms with E-state index < -0.39 is 0 Å². The van der Waals surface area contributed by atoms with Gasteiger partial charge in [-0.25, -0.2) is 4.79 Å². The first kappa shape index (κ1) is 21.4. The van der Waals surface area contributed by atoms with Gasteiger partial charge in [-0.1, -0.05) is 54.1 Å². The maximum absolute atomic E-state index is 13.3. The summed E-state index contributed by atoms with van der Waals surface area (Å²) in [7, 11) is 0. The maximum Gasteiger partial charge on any atom is 0.338 e. The van der Waals surface area contributed by atoms with Gasteiger partial charge in [0.1, 0.15) is 12.2 Å². The number of fused-ring (bicyclic) bond motifs is 1. The van der Waals surface area contributed by atoms with Crippen LogP contribution in [0.4, 0.5) is 0 Å². The van der Waals surface area contributed by atoms with Gasteiger partial charge in [-0.2, -0.15) is 0 Å². The van der Waals surface area contributed by atoms with E-state index in [1.54, 1.807) is 50.2 Å². The van der Waals surface area contributed by atoms with Crippen molar-refractivity contribution in [1.29, 1.82) is 0 Å². The molecule has 0 saturated carbocycles. The van der Waals surface area contributed by atoms with Crippen molar-refractivity contribution in [3.05, 3.63) is 99.7 Å². The summed E-state index contributed by atoms with van der Waals surface area (Å²) in [4.78, 5) is 25.3. The molecule has 0 atom stereocenters. The molecule has 3 aromatic carbocycles. The van der Waals surface area contributed by atoms with Crippen LogP contribution < -0.4 is 10.2 Å². The lowest BCUT2D eigenvalue weighted by molar-refractivity contribution is 0.0378. The molecule has 5 nitrogen and oxygen atoms in total. The number of hydrogen-bond donors (Lipinski definition) is 0. The van der Waals surface area contributed by atoms with Crippen molar-refractivity contribution in [3.8, 4) is 17.1 Å². The molecule has 162 valence electrons. The highest BCUT2D eigenvalue weighted by molar-refractivity contribution is 5.89. The molecule has 0 radical (unpaired) electrons. The molecule has 4 rings (SSSR count). The van der Waals surface area contributed by atoms with E-state index in [1.165, 1.54) is 0 Å². The minimum absolute atomic E-state index is 0.154. The van der Waals surface area contributed by atoms with Crippen LogP contribution in [0.15, 0.2) is 82.0 Å². The number of rotatable bonds is 6. The number of hydrogen-bond acceptors (Lipinski definition) is 5.